The monoisotopic (exact) mass is 484 g/mol. The van der Waals surface area contributed by atoms with Crippen molar-refractivity contribution in [3.63, 3.8) is 0 Å². The summed E-state index contributed by atoms with van der Waals surface area (Å²) < 4.78 is 7.73. The van der Waals surface area contributed by atoms with Crippen molar-refractivity contribution in [1.29, 1.82) is 0 Å². The van der Waals surface area contributed by atoms with E-state index < -0.39 is 0 Å². The van der Waals surface area contributed by atoms with Gasteiger partial charge in [0.25, 0.3) is 5.56 Å². The predicted molar refractivity (Wildman–Crippen MR) is 137 cm³/mol. The first-order valence-corrected chi connectivity index (χ1v) is 12.3. The number of halogens is 1. The Labute approximate surface area is 205 Å². The van der Waals surface area contributed by atoms with Crippen molar-refractivity contribution in [3.8, 4) is 5.75 Å². The van der Waals surface area contributed by atoms with Crippen LogP contribution in [0.5, 0.6) is 5.75 Å². The number of aryl methyl sites for hydroxylation is 1. The van der Waals surface area contributed by atoms with Gasteiger partial charge >= 0.3 is 0 Å². The predicted octanol–water partition coefficient (Wildman–Crippen LogP) is 4.98. The van der Waals surface area contributed by atoms with Crippen molar-refractivity contribution in [3.05, 3.63) is 125 Å². The first-order chi connectivity index (χ1) is 16.6. The summed E-state index contributed by atoms with van der Waals surface area (Å²) in [6, 6.07) is 23.6. The standard InChI is InChI=1S/C28H21ClN2O2S/c1-33-19-13-10-17(11-14-19)16-24-27(32)31-26(21-8-4-5-9-23(21)29)22-15-12-18-6-2-3-7-20(18)25(22)30-28(31)34-24/h2-11,13-14,16,26H,12,15H2,1H3/b24-16+. The highest BCUT2D eigenvalue weighted by molar-refractivity contribution is 7.07. The summed E-state index contributed by atoms with van der Waals surface area (Å²) in [6.45, 7) is 0. The average molecular weight is 485 g/mol. The Bertz CT molecular complexity index is 1630. The van der Waals surface area contributed by atoms with Gasteiger partial charge in [-0.25, -0.2) is 4.99 Å². The van der Waals surface area contributed by atoms with Crippen LogP contribution in [0, 0.1) is 0 Å². The highest BCUT2D eigenvalue weighted by Crippen LogP contribution is 2.42. The van der Waals surface area contributed by atoms with Gasteiger partial charge in [-0.1, -0.05) is 77.5 Å². The Morgan fingerprint density at radius 3 is 2.59 bits per heavy atom. The molecule has 1 unspecified atom stereocenters. The van der Waals surface area contributed by atoms with Crippen molar-refractivity contribution < 1.29 is 4.74 Å². The van der Waals surface area contributed by atoms with Crippen LogP contribution in [-0.4, -0.2) is 11.7 Å². The van der Waals surface area contributed by atoms with Crippen LogP contribution in [0.25, 0.3) is 11.8 Å². The highest BCUT2D eigenvalue weighted by atomic mass is 35.5. The first kappa shape index (κ1) is 21.1. The van der Waals surface area contributed by atoms with E-state index in [-0.39, 0.29) is 11.6 Å². The van der Waals surface area contributed by atoms with E-state index in [1.807, 2.05) is 65.2 Å². The van der Waals surface area contributed by atoms with Crippen molar-refractivity contribution in [2.24, 2.45) is 4.99 Å². The molecule has 1 aromatic heterocycles. The third-order valence-corrected chi connectivity index (χ3v) is 7.81. The molecule has 4 nitrogen and oxygen atoms in total. The van der Waals surface area contributed by atoms with Gasteiger partial charge in [0.1, 0.15) is 5.75 Å². The van der Waals surface area contributed by atoms with Crippen LogP contribution in [0.2, 0.25) is 5.02 Å². The minimum atomic E-state index is -0.272. The van der Waals surface area contributed by atoms with E-state index in [0.29, 0.717) is 14.4 Å². The molecule has 0 radical (unpaired) electrons. The molecule has 0 saturated carbocycles. The number of rotatable bonds is 3. The number of allylic oxidation sites excluding steroid dienone is 1. The zero-order valence-corrected chi connectivity index (χ0v) is 20.1. The van der Waals surface area contributed by atoms with E-state index in [1.54, 1.807) is 7.11 Å². The molecule has 2 heterocycles. The van der Waals surface area contributed by atoms with E-state index >= 15 is 0 Å². The van der Waals surface area contributed by atoms with Gasteiger partial charge < -0.3 is 4.74 Å². The molecular formula is C28H21ClN2O2S. The number of methoxy groups -OCH3 is 1. The molecular weight excluding hydrogens is 464 g/mol. The molecule has 0 saturated heterocycles. The number of hydrogen-bond acceptors (Lipinski definition) is 4. The fourth-order valence-electron chi connectivity index (χ4n) is 4.85. The van der Waals surface area contributed by atoms with Gasteiger partial charge in [-0.2, -0.15) is 0 Å². The van der Waals surface area contributed by atoms with Crippen molar-refractivity contribution in [1.82, 2.24) is 4.57 Å². The van der Waals surface area contributed by atoms with E-state index in [2.05, 4.69) is 18.2 Å². The van der Waals surface area contributed by atoms with Gasteiger partial charge in [0.2, 0.25) is 0 Å². The summed E-state index contributed by atoms with van der Waals surface area (Å²) in [5.74, 6) is 0.781. The van der Waals surface area contributed by atoms with E-state index in [0.717, 1.165) is 46.6 Å². The lowest BCUT2D eigenvalue weighted by molar-refractivity contribution is 0.415. The summed E-state index contributed by atoms with van der Waals surface area (Å²) in [4.78, 5) is 19.5. The number of nitrogens with zero attached hydrogens (tertiary/aromatic N) is 2. The third kappa shape index (κ3) is 3.44. The maximum absolute atomic E-state index is 13.7. The summed E-state index contributed by atoms with van der Waals surface area (Å²) in [5, 5.41) is 0.657. The van der Waals surface area contributed by atoms with Crippen LogP contribution >= 0.6 is 22.9 Å². The summed E-state index contributed by atoms with van der Waals surface area (Å²) in [6.07, 6.45) is 3.68. The summed E-state index contributed by atoms with van der Waals surface area (Å²) in [5.41, 5.74) is 6.39. The number of ether oxygens (including phenoxy) is 1. The van der Waals surface area contributed by atoms with Gasteiger partial charge in [-0.15, -0.1) is 0 Å². The molecule has 0 amide bonds. The number of aromatic nitrogens is 1. The van der Waals surface area contributed by atoms with Gasteiger partial charge in [0, 0.05) is 10.6 Å². The van der Waals surface area contributed by atoms with Crippen LogP contribution < -0.4 is 19.6 Å². The Morgan fingerprint density at radius 1 is 1.03 bits per heavy atom. The molecule has 1 aliphatic heterocycles. The topological polar surface area (TPSA) is 43.6 Å². The highest BCUT2D eigenvalue weighted by Gasteiger charge is 2.33. The molecule has 168 valence electrons. The van der Waals surface area contributed by atoms with E-state index in [9.17, 15) is 4.79 Å². The quantitative estimate of drug-likeness (QED) is 0.411. The molecule has 0 spiro atoms. The molecule has 4 aromatic rings. The third-order valence-electron chi connectivity index (χ3n) is 6.49. The molecule has 0 N–H and O–H groups in total. The van der Waals surface area contributed by atoms with Gasteiger partial charge in [-0.3, -0.25) is 9.36 Å². The summed E-state index contributed by atoms with van der Waals surface area (Å²) >= 11 is 8.11. The zero-order chi connectivity index (χ0) is 23.2. The second kappa shape index (κ2) is 8.42. The van der Waals surface area contributed by atoms with Gasteiger partial charge in [-0.05, 0) is 59.4 Å². The van der Waals surface area contributed by atoms with Crippen LogP contribution in [0.4, 0.5) is 0 Å². The lowest BCUT2D eigenvalue weighted by atomic mass is 9.83. The first-order valence-electron chi connectivity index (χ1n) is 11.2. The molecule has 34 heavy (non-hydrogen) atoms. The Kier molecular flexibility index (Phi) is 5.24. The Hall–Kier alpha value is -3.41. The zero-order valence-electron chi connectivity index (χ0n) is 18.5. The molecule has 3 aromatic carbocycles. The Morgan fingerprint density at radius 2 is 1.79 bits per heavy atom. The van der Waals surface area contributed by atoms with E-state index in [1.165, 1.54) is 16.9 Å². The van der Waals surface area contributed by atoms with Crippen LogP contribution in [-0.2, 0) is 6.42 Å². The lowest BCUT2D eigenvalue weighted by Gasteiger charge is -2.31. The fourth-order valence-corrected chi connectivity index (χ4v) is 6.09. The molecule has 6 rings (SSSR count). The van der Waals surface area contributed by atoms with Crippen LogP contribution in [0.1, 0.15) is 34.7 Å². The Balaban J connectivity index is 1.61. The number of benzene rings is 3. The number of fused-ring (bicyclic) bond motifs is 3. The van der Waals surface area contributed by atoms with E-state index in [4.69, 9.17) is 21.3 Å². The van der Waals surface area contributed by atoms with Crippen LogP contribution in [0.3, 0.4) is 0 Å². The van der Waals surface area contributed by atoms with Crippen molar-refractivity contribution >= 4 is 34.7 Å². The van der Waals surface area contributed by atoms with Crippen molar-refractivity contribution in [2.75, 3.05) is 7.11 Å². The molecule has 0 bridgehead atoms. The SMILES string of the molecule is COc1ccc(/C=c2/sc3n(c2=O)C(c2ccccc2Cl)C2=C(N=3)c3ccccc3CC2)cc1. The molecule has 6 heteroatoms. The van der Waals surface area contributed by atoms with Gasteiger partial charge in [0.15, 0.2) is 4.80 Å². The minimum Gasteiger partial charge on any atom is -0.497 e. The molecule has 1 atom stereocenters. The minimum absolute atomic E-state index is 0.0464. The molecule has 2 aliphatic rings. The lowest BCUT2D eigenvalue weighted by Crippen LogP contribution is -2.38. The summed E-state index contributed by atoms with van der Waals surface area (Å²) in [7, 11) is 1.64. The second-order valence-electron chi connectivity index (χ2n) is 8.41. The van der Waals surface area contributed by atoms with Gasteiger partial charge in [0.05, 0.1) is 23.4 Å². The molecule has 0 fully saturated rings. The maximum atomic E-state index is 13.7. The average Bonchev–Trinajstić information content (AvgIpc) is 3.18. The number of thiazole rings is 1. The normalized spacial score (nSPS) is 17.0. The maximum Gasteiger partial charge on any atom is 0.271 e. The largest absolute Gasteiger partial charge is 0.497 e. The number of hydrogen-bond donors (Lipinski definition) is 0. The smallest absolute Gasteiger partial charge is 0.271 e. The van der Waals surface area contributed by atoms with Crippen LogP contribution in [0.15, 0.2) is 88.2 Å². The second-order valence-corrected chi connectivity index (χ2v) is 9.82. The fraction of sp³-hybridized carbons (Fsp3) is 0.143. The molecule has 1 aliphatic carbocycles. The van der Waals surface area contributed by atoms with Crippen molar-refractivity contribution in [2.45, 2.75) is 18.9 Å².